The van der Waals surface area contributed by atoms with Crippen molar-refractivity contribution in [1.82, 2.24) is 0 Å². The normalized spacial score (nSPS) is 21.1. The minimum atomic E-state index is -2.53. The third-order valence-electron chi connectivity index (χ3n) is 4.82. The summed E-state index contributed by atoms with van der Waals surface area (Å²) in [5.74, 6) is 0. The van der Waals surface area contributed by atoms with Crippen molar-refractivity contribution < 1.29 is 18.6 Å². The van der Waals surface area contributed by atoms with Gasteiger partial charge < -0.3 is 18.6 Å². The molecule has 0 aromatic heterocycles. The summed E-state index contributed by atoms with van der Waals surface area (Å²) in [6.07, 6.45) is -0.124. The zero-order valence-electron chi connectivity index (χ0n) is 16.0. The molecule has 0 spiro atoms. The van der Waals surface area contributed by atoms with Gasteiger partial charge in [-0.3, -0.25) is 0 Å². The van der Waals surface area contributed by atoms with Crippen LogP contribution in [-0.4, -0.2) is 41.2 Å². The lowest BCUT2D eigenvalue weighted by Gasteiger charge is -2.43. The molecule has 3 rings (SSSR count). The average Bonchev–Trinajstić information content (AvgIpc) is 3.11. The fourth-order valence-electron chi connectivity index (χ4n) is 3.61. The van der Waals surface area contributed by atoms with Gasteiger partial charge in [-0.25, -0.2) is 0 Å². The first-order chi connectivity index (χ1) is 12.5. The van der Waals surface area contributed by atoms with Gasteiger partial charge in [0.15, 0.2) is 0 Å². The Morgan fingerprint density at radius 3 is 1.92 bits per heavy atom. The van der Waals surface area contributed by atoms with Crippen LogP contribution in [0, 0.1) is 0 Å². The van der Waals surface area contributed by atoms with E-state index in [1.165, 1.54) is 10.4 Å². The molecular formula is C21H28O4Si. The van der Waals surface area contributed by atoms with Crippen molar-refractivity contribution in [2.75, 3.05) is 20.3 Å². The van der Waals surface area contributed by atoms with E-state index >= 15 is 0 Å². The van der Waals surface area contributed by atoms with E-state index in [1.807, 2.05) is 12.1 Å². The molecule has 2 atom stereocenters. The Bertz CT molecular complexity index is 645. The number of methoxy groups -OCH3 is 1. The molecular weight excluding hydrogens is 344 g/mol. The molecule has 0 aliphatic carbocycles. The van der Waals surface area contributed by atoms with Crippen LogP contribution in [-0.2, 0) is 18.6 Å². The molecule has 0 saturated carbocycles. The largest absolute Gasteiger partial charge is 0.405 e. The SMILES string of the molecule is COC1OC[C@H](CO[Si](c2ccccc2)(c2ccccc2)C(C)(C)C)O1. The topological polar surface area (TPSA) is 36.9 Å². The Morgan fingerprint density at radius 1 is 0.962 bits per heavy atom. The molecule has 1 aliphatic rings. The van der Waals surface area contributed by atoms with E-state index in [0.717, 1.165) is 0 Å². The molecule has 1 fully saturated rings. The van der Waals surface area contributed by atoms with E-state index in [-0.39, 0.29) is 11.1 Å². The van der Waals surface area contributed by atoms with Gasteiger partial charge in [-0.1, -0.05) is 81.4 Å². The number of benzene rings is 2. The van der Waals surface area contributed by atoms with Crippen molar-refractivity contribution in [2.45, 2.75) is 38.4 Å². The zero-order chi connectivity index (χ0) is 18.6. The summed E-state index contributed by atoms with van der Waals surface area (Å²) < 4.78 is 23.2. The smallest absolute Gasteiger partial charge is 0.271 e. The molecule has 2 aromatic rings. The zero-order valence-corrected chi connectivity index (χ0v) is 17.0. The fraction of sp³-hybridized carbons (Fsp3) is 0.429. The number of hydrogen-bond donors (Lipinski definition) is 0. The van der Waals surface area contributed by atoms with Crippen molar-refractivity contribution in [3.8, 4) is 0 Å². The summed E-state index contributed by atoms with van der Waals surface area (Å²) in [6.45, 7) is 7.17. The predicted octanol–water partition coefficient (Wildman–Crippen LogP) is 2.91. The Morgan fingerprint density at radius 2 is 1.50 bits per heavy atom. The number of hydrogen-bond acceptors (Lipinski definition) is 4. The molecule has 1 aliphatic heterocycles. The van der Waals surface area contributed by atoms with Crippen molar-refractivity contribution in [2.24, 2.45) is 0 Å². The standard InChI is InChI=1S/C21H28O4Si/c1-21(2,3)26(18-11-7-5-8-12-18,19-13-9-6-10-14-19)24-16-17-15-23-20(22-4)25-17/h5-14,17,20H,15-16H2,1-4H3/t17-,20?/m1/s1. The molecule has 1 saturated heterocycles. The monoisotopic (exact) mass is 372 g/mol. The van der Waals surface area contributed by atoms with Crippen LogP contribution in [0.25, 0.3) is 0 Å². The van der Waals surface area contributed by atoms with Crippen LogP contribution in [0.3, 0.4) is 0 Å². The Labute approximate surface area is 157 Å². The highest BCUT2D eigenvalue weighted by Gasteiger charge is 2.50. The second-order valence-electron chi connectivity index (χ2n) is 7.59. The maximum atomic E-state index is 6.82. The first-order valence-corrected chi connectivity index (χ1v) is 10.9. The molecule has 1 unspecified atom stereocenters. The molecule has 0 amide bonds. The molecule has 140 valence electrons. The second-order valence-corrected chi connectivity index (χ2v) is 11.9. The van der Waals surface area contributed by atoms with Gasteiger partial charge >= 0.3 is 0 Å². The van der Waals surface area contributed by atoms with Gasteiger partial charge in [0.1, 0.15) is 6.10 Å². The van der Waals surface area contributed by atoms with Gasteiger partial charge in [0.25, 0.3) is 14.8 Å². The van der Waals surface area contributed by atoms with Crippen LogP contribution < -0.4 is 10.4 Å². The first-order valence-electron chi connectivity index (χ1n) is 9.02. The molecule has 1 heterocycles. The van der Waals surface area contributed by atoms with Gasteiger partial charge in [0.2, 0.25) is 0 Å². The van der Waals surface area contributed by atoms with E-state index in [4.69, 9.17) is 18.6 Å². The molecule has 0 radical (unpaired) electrons. The second kappa shape index (κ2) is 8.02. The average molecular weight is 373 g/mol. The van der Waals surface area contributed by atoms with Gasteiger partial charge in [0.05, 0.1) is 13.2 Å². The van der Waals surface area contributed by atoms with Crippen molar-refractivity contribution >= 4 is 18.7 Å². The summed E-state index contributed by atoms with van der Waals surface area (Å²) in [4.78, 5) is 0. The molecule has 26 heavy (non-hydrogen) atoms. The maximum Gasteiger partial charge on any atom is 0.271 e. The van der Waals surface area contributed by atoms with Crippen LogP contribution in [0.4, 0.5) is 0 Å². The Hall–Kier alpha value is -1.50. The van der Waals surface area contributed by atoms with Gasteiger partial charge in [-0.15, -0.1) is 0 Å². The Kier molecular flexibility index (Phi) is 5.95. The molecule has 5 heteroatoms. The fourth-order valence-corrected chi connectivity index (χ4v) is 8.20. The van der Waals surface area contributed by atoms with E-state index in [2.05, 4.69) is 69.3 Å². The van der Waals surface area contributed by atoms with Crippen molar-refractivity contribution in [3.63, 3.8) is 0 Å². The van der Waals surface area contributed by atoms with E-state index < -0.39 is 14.8 Å². The molecule has 0 N–H and O–H groups in total. The lowest BCUT2D eigenvalue weighted by molar-refractivity contribution is -0.224. The van der Waals surface area contributed by atoms with E-state index in [1.54, 1.807) is 7.11 Å². The van der Waals surface area contributed by atoms with Crippen molar-refractivity contribution in [3.05, 3.63) is 60.7 Å². The van der Waals surface area contributed by atoms with Crippen LogP contribution in [0.1, 0.15) is 20.8 Å². The summed E-state index contributed by atoms with van der Waals surface area (Å²) >= 11 is 0. The van der Waals surface area contributed by atoms with Crippen LogP contribution in [0.15, 0.2) is 60.7 Å². The third-order valence-corrected chi connectivity index (χ3v) is 9.82. The predicted molar refractivity (Wildman–Crippen MR) is 105 cm³/mol. The van der Waals surface area contributed by atoms with Gasteiger partial charge in [-0.2, -0.15) is 0 Å². The van der Waals surface area contributed by atoms with Crippen molar-refractivity contribution in [1.29, 1.82) is 0 Å². The summed E-state index contributed by atoms with van der Waals surface area (Å²) in [5.41, 5.74) is 0. The highest BCUT2D eigenvalue weighted by molar-refractivity contribution is 6.99. The summed E-state index contributed by atoms with van der Waals surface area (Å²) in [5, 5.41) is 2.48. The molecule has 4 nitrogen and oxygen atoms in total. The van der Waals surface area contributed by atoms with E-state index in [9.17, 15) is 0 Å². The highest BCUT2D eigenvalue weighted by atomic mass is 28.4. The van der Waals surface area contributed by atoms with Crippen LogP contribution >= 0.6 is 0 Å². The maximum absolute atomic E-state index is 6.82. The lowest BCUT2D eigenvalue weighted by atomic mass is 10.2. The van der Waals surface area contributed by atoms with E-state index in [0.29, 0.717) is 13.2 Å². The highest BCUT2D eigenvalue weighted by Crippen LogP contribution is 2.37. The summed E-state index contributed by atoms with van der Waals surface area (Å²) in [7, 11) is -0.946. The van der Waals surface area contributed by atoms with Gasteiger partial charge in [-0.05, 0) is 15.4 Å². The minimum absolute atomic E-state index is 0.0458. The minimum Gasteiger partial charge on any atom is -0.405 e. The molecule has 2 aromatic carbocycles. The van der Waals surface area contributed by atoms with Crippen LogP contribution in [0.2, 0.25) is 5.04 Å². The number of rotatable bonds is 6. The lowest BCUT2D eigenvalue weighted by Crippen LogP contribution is -2.67. The summed E-state index contributed by atoms with van der Waals surface area (Å²) in [6, 6.07) is 21.2. The molecule has 0 bridgehead atoms. The third kappa shape index (κ3) is 3.77. The first kappa shape index (κ1) is 19.3. The van der Waals surface area contributed by atoms with Crippen LogP contribution in [0.5, 0.6) is 0 Å². The van der Waals surface area contributed by atoms with Gasteiger partial charge in [0, 0.05) is 7.11 Å². The Balaban J connectivity index is 1.98. The quantitative estimate of drug-likeness (QED) is 0.731. The number of ether oxygens (including phenoxy) is 3.